The molecular weight excluding hydrogens is 386 g/mol. The van der Waals surface area contributed by atoms with E-state index in [4.69, 9.17) is 16.0 Å². The van der Waals surface area contributed by atoms with Crippen LogP contribution < -0.4 is 10.6 Å². The maximum absolute atomic E-state index is 12.2. The van der Waals surface area contributed by atoms with E-state index in [1.807, 2.05) is 30.0 Å². The van der Waals surface area contributed by atoms with Crippen LogP contribution in [0.25, 0.3) is 0 Å². The molecule has 1 aliphatic rings. The fourth-order valence-corrected chi connectivity index (χ4v) is 4.00. The molecule has 2 amide bonds. The number of rotatable bonds is 6. The normalized spacial score (nSPS) is 15.9. The Morgan fingerprint density at radius 1 is 1.11 bits per heavy atom. The Morgan fingerprint density at radius 3 is 2.48 bits per heavy atom. The van der Waals surface area contributed by atoms with Crippen LogP contribution in [-0.4, -0.2) is 47.9 Å². The summed E-state index contributed by atoms with van der Waals surface area (Å²) in [5.41, 5.74) is 1.88. The van der Waals surface area contributed by atoms with Gasteiger partial charge in [-0.1, -0.05) is 23.7 Å². The van der Waals surface area contributed by atoms with Gasteiger partial charge in [0.05, 0.1) is 18.6 Å². The van der Waals surface area contributed by atoms with Crippen LogP contribution in [0.2, 0.25) is 5.02 Å². The number of hydrogen-bond acceptors (Lipinski definition) is 5. The molecule has 1 aliphatic heterocycles. The molecule has 1 aromatic carbocycles. The summed E-state index contributed by atoms with van der Waals surface area (Å²) in [5.74, 6) is 0.835. The third-order valence-electron chi connectivity index (χ3n) is 4.44. The Bertz CT molecular complexity index is 746. The molecule has 2 aromatic rings. The molecule has 0 spiro atoms. The van der Waals surface area contributed by atoms with Crippen molar-refractivity contribution in [1.82, 2.24) is 15.5 Å². The molecule has 8 heteroatoms. The molecular formula is C19H22ClN3O3S. The van der Waals surface area contributed by atoms with Gasteiger partial charge in [-0.3, -0.25) is 14.5 Å². The molecule has 1 aromatic heterocycles. The lowest BCUT2D eigenvalue weighted by Gasteiger charge is -2.33. The zero-order valence-corrected chi connectivity index (χ0v) is 16.4. The Morgan fingerprint density at radius 2 is 1.81 bits per heavy atom. The Labute approximate surface area is 167 Å². The lowest BCUT2D eigenvalue weighted by Crippen LogP contribution is -2.45. The number of nitrogens with zero attached hydrogens (tertiary/aromatic N) is 1. The third-order valence-corrected chi connectivity index (χ3v) is 5.64. The van der Waals surface area contributed by atoms with E-state index in [9.17, 15) is 9.59 Å². The molecule has 1 fully saturated rings. The van der Waals surface area contributed by atoms with Gasteiger partial charge in [0.25, 0.3) is 0 Å². The number of halogens is 1. The second-order valence-corrected chi connectivity index (χ2v) is 7.90. The van der Waals surface area contributed by atoms with Crippen LogP contribution in [0, 0.1) is 0 Å². The van der Waals surface area contributed by atoms with E-state index in [2.05, 4.69) is 15.5 Å². The van der Waals surface area contributed by atoms with E-state index in [0.29, 0.717) is 11.6 Å². The molecule has 2 heterocycles. The van der Waals surface area contributed by atoms with E-state index < -0.39 is 11.8 Å². The largest absolute Gasteiger partial charge is 0.472 e. The molecule has 27 heavy (non-hydrogen) atoms. The first-order valence-corrected chi connectivity index (χ1v) is 10.3. The highest BCUT2D eigenvalue weighted by Gasteiger charge is 2.25. The molecule has 1 atom stereocenters. The van der Waals surface area contributed by atoms with E-state index in [0.717, 1.165) is 35.7 Å². The molecule has 0 radical (unpaired) electrons. The molecule has 0 bridgehead atoms. The Balaban J connectivity index is 1.52. The summed E-state index contributed by atoms with van der Waals surface area (Å²) in [4.78, 5) is 26.6. The van der Waals surface area contributed by atoms with Gasteiger partial charge in [-0.2, -0.15) is 11.8 Å². The van der Waals surface area contributed by atoms with Crippen molar-refractivity contribution in [2.45, 2.75) is 12.6 Å². The zero-order valence-electron chi connectivity index (χ0n) is 14.8. The van der Waals surface area contributed by atoms with Crippen LogP contribution in [0.15, 0.2) is 47.3 Å². The lowest BCUT2D eigenvalue weighted by molar-refractivity contribution is -0.139. The van der Waals surface area contributed by atoms with Crippen molar-refractivity contribution in [1.29, 1.82) is 0 Å². The van der Waals surface area contributed by atoms with Gasteiger partial charge in [0.15, 0.2) is 0 Å². The van der Waals surface area contributed by atoms with Crippen LogP contribution in [0.1, 0.15) is 17.2 Å². The number of nitrogens with one attached hydrogen (secondary N) is 2. The highest BCUT2D eigenvalue weighted by Crippen LogP contribution is 2.24. The quantitative estimate of drug-likeness (QED) is 0.719. The van der Waals surface area contributed by atoms with Gasteiger partial charge in [-0.15, -0.1) is 0 Å². The number of thioether (sulfide) groups is 1. The van der Waals surface area contributed by atoms with Crippen LogP contribution in [0.3, 0.4) is 0 Å². The molecule has 3 rings (SSSR count). The average Bonchev–Trinajstić information content (AvgIpc) is 3.22. The van der Waals surface area contributed by atoms with E-state index in [-0.39, 0.29) is 12.6 Å². The van der Waals surface area contributed by atoms with E-state index >= 15 is 0 Å². The first-order valence-electron chi connectivity index (χ1n) is 8.78. The maximum atomic E-state index is 12.2. The Hall–Kier alpha value is -1.96. The number of furan rings is 1. The molecule has 6 nitrogen and oxygen atoms in total. The van der Waals surface area contributed by atoms with Gasteiger partial charge in [0.2, 0.25) is 0 Å². The molecule has 0 aliphatic carbocycles. The molecule has 1 saturated heterocycles. The topological polar surface area (TPSA) is 74.6 Å². The minimum absolute atomic E-state index is 0.00216. The molecule has 1 unspecified atom stereocenters. The van der Waals surface area contributed by atoms with Crippen LogP contribution in [0.5, 0.6) is 0 Å². The second kappa shape index (κ2) is 9.82. The monoisotopic (exact) mass is 407 g/mol. The van der Waals surface area contributed by atoms with Crippen molar-refractivity contribution in [3.63, 3.8) is 0 Å². The van der Waals surface area contributed by atoms with Crippen molar-refractivity contribution < 1.29 is 14.0 Å². The third kappa shape index (κ3) is 5.76. The van der Waals surface area contributed by atoms with Gasteiger partial charge in [-0.25, -0.2) is 0 Å². The first-order chi connectivity index (χ1) is 13.1. The van der Waals surface area contributed by atoms with Gasteiger partial charge < -0.3 is 15.1 Å². The Kier molecular flexibility index (Phi) is 7.20. The van der Waals surface area contributed by atoms with E-state index in [1.165, 1.54) is 0 Å². The zero-order chi connectivity index (χ0) is 19.1. The SMILES string of the molecule is O=C(NCc1ccc(Cl)cc1)C(=O)NCC(c1ccoc1)N1CCSCC1. The van der Waals surface area contributed by atoms with Gasteiger partial charge in [0.1, 0.15) is 0 Å². The standard InChI is InChI=1S/C19H22ClN3O3S/c20-16-3-1-14(2-4-16)11-21-18(24)19(25)22-12-17(15-5-8-26-13-15)23-6-9-27-10-7-23/h1-5,8,13,17H,6-7,9-12H2,(H,21,24)(H,22,25). The minimum atomic E-state index is -0.648. The summed E-state index contributed by atoms with van der Waals surface area (Å²) in [7, 11) is 0. The van der Waals surface area contributed by atoms with Crippen molar-refractivity contribution in [3.8, 4) is 0 Å². The fraction of sp³-hybridized carbons (Fsp3) is 0.368. The average molecular weight is 408 g/mol. The predicted octanol–water partition coefficient (Wildman–Crippen LogP) is 2.46. The smallest absolute Gasteiger partial charge is 0.309 e. The first kappa shape index (κ1) is 19.8. The number of hydrogen-bond donors (Lipinski definition) is 2. The summed E-state index contributed by atoms with van der Waals surface area (Å²) in [6.07, 6.45) is 3.32. The number of carbonyl (C=O) groups is 2. The molecule has 144 valence electrons. The van der Waals surface area contributed by atoms with Crippen LogP contribution in [0.4, 0.5) is 0 Å². The van der Waals surface area contributed by atoms with Crippen molar-refractivity contribution in [2.24, 2.45) is 0 Å². The van der Waals surface area contributed by atoms with Crippen molar-refractivity contribution in [2.75, 3.05) is 31.1 Å². The number of amides is 2. The highest BCUT2D eigenvalue weighted by atomic mass is 35.5. The summed E-state index contributed by atoms with van der Waals surface area (Å²) in [6, 6.07) is 9.01. The number of benzene rings is 1. The van der Waals surface area contributed by atoms with E-state index in [1.54, 1.807) is 24.7 Å². The van der Waals surface area contributed by atoms with Gasteiger partial charge >= 0.3 is 11.8 Å². The summed E-state index contributed by atoms with van der Waals surface area (Å²) < 4.78 is 5.20. The highest BCUT2D eigenvalue weighted by molar-refractivity contribution is 7.99. The van der Waals surface area contributed by atoms with Gasteiger partial charge in [0, 0.05) is 48.3 Å². The van der Waals surface area contributed by atoms with Crippen molar-refractivity contribution in [3.05, 3.63) is 59.0 Å². The predicted molar refractivity (Wildman–Crippen MR) is 107 cm³/mol. The lowest BCUT2D eigenvalue weighted by atomic mass is 10.1. The van der Waals surface area contributed by atoms with Crippen LogP contribution >= 0.6 is 23.4 Å². The fourth-order valence-electron chi connectivity index (χ4n) is 2.95. The van der Waals surface area contributed by atoms with Crippen molar-refractivity contribution >= 4 is 35.2 Å². The molecule has 2 N–H and O–H groups in total. The minimum Gasteiger partial charge on any atom is -0.472 e. The summed E-state index contributed by atoms with van der Waals surface area (Å²) in [5, 5.41) is 6.01. The van der Waals surface area contributed by atoms with Gasteiger partial charge in [-0.05, 0) is 23.8 Å². The number of carbonyl (C=O) groups excluding carboxylic acids is 2. The second-order valence-electron chi connectivity index (χ2n) is 6.24. The summed E-state index contributed by atoms with van der Waals surface area (Å²) in [6.45, 7) is 2.52. The summed E-state index contributed by atoms with van der Waals surface area (Å²) >= 11 is 7.76. The molecule has 0 saturated carbocycles. The van der Waals surface area contributed by atoms with Crippen LogP contribution in [-0.2, 0) is 16.1 Å². The maximum Gasteiger partial charge on any atom is 0.309 e.